The molecule has 0 saturated carbocycles. The summed E-state index contributed by atoms with van der Waals surface area (Å²) in [5.41, 5.74) is 0. The van der Waals surface area contributed by atoms with Crippen molar-refractivity contribution in [1.29, 1.82) is 0 Å². The van der Waals surface area contributed by atoms with Gasteiger partial charge in [0.05, 0.1) is 0 Å². The second-order valence-corrected chi connectivity index (χ2v) is 8.08. The molecule has 6 heteroatoms. The van der Waals surface area contributed by atoms with Crippen molar-refractivity contribution in [3.8, 4) is 0 Å². The Kier molecular flexibility index (Phi) is 10.0. The minimum absolute atomic E-state index is 0.110. The van der Waals surface area contributed by atoms with Gasteiger partial charge in [0.15, 0.2) is 0 Å². The maximum absolute atomic E-state index is 11.3. The number of amides is 2. The number of hydrogen-bond donors (Lipinski definition) is 3. The number of rotatable bonds is 6. The van der Waals surface area contributed by atoms with E-state index in [9.17, 15) is 9.59 Å². The van der Waals surface area contributed by atoms with Gasteiger partial charge >= 0.3 is 0 Å². The van der Waals surface area contributed by atoms with Gasteiger partial charge in [-0.15, -0.1) is 0 Å². The number of likely N-dealkylation sites (tertiary alicyclic amines) is 1. The Labute approximate surface area is 153 Å². The van der Waals surface area contributed by atoms with Gasteiger partial charge in [0.1, 0.15) is 0 Å². The maximum atomic E-state index is 11.3. The third-order valence-corrected chi connectivity index (χ3v) is 4.83. The number of nitrogens with zero attached hydrogens (tertiary/aromatic N) is 1. The number of nitrogens with one attached hydrogen (secondary N) is 3. The van der Waals surface area contributed by atoms with Crippen molar-refractivity contribution in [2.45, 2.75) is 40.5 Å². The molecule has 25 heavy (non-hydrogen) atoms. The average molecular weight is 355 g/mol. The molecule has 2 amide bonds. The van der Waals surface area contributed by atoms with E-state index < -0.39 is 0 Å². The molecule has 0 unspecified atom stereocenters. The van der Waals surface area contributed by atoms with E-state index in [0.29, 0.717) is 11.8 Å². The van der Waals surface area contributed by atoms with Gasteiger partial charge in [-0.05, 0) is 51.4 Å². The Bertz CT molecular complexity index is 406. The van der Waals surface area contributed by atoms with Gasteiger partial charge in [0, 0.05) is 31.5 Å². The molecule has 2 fully saturated rings. The molecule has 2 aliphatic heterocycles. The molecule has 2 atom stereocenters. The molecule has 2 heterocycles. The average Bonchev–Trinajstić information content (AvgIpc) is 3.22. The summed E-state index contributed by atoms with van der Waals surface area (Å²) in [7, 11) is 2.13. The SMILES string of the molecule is CC(C)C(=O)NC[C@@H]1CCN(C)C1.CC(C)C(=O)NC[C@H]1CCNC1. The van der Waals surface area contributed by atoms with Gasteiger partial charge in [-0.1, -0.05) is 27.7 Å². The van der Waals surface area contributed by atoms with E-state index in [1.807, 2.05) is 27.7 Å². The second-order valence-electron chi connectivity index (χ2n) is 8.08. The summed E-state index contributed by atoms with van der Waals surface area (Å²) in [6.07, 6.45) is 2.41. The highest BCUT2D eigenvalue weighted by Gasteiger charge is 2.20. The summed E-state index contributed by atoms with van der Waals surface area (Å²) in [5, 5.41) is 9.20. The van der Waals surface area contributed by atoms with Crippen LogP contribution in [0.25, 0.3) is 0 Å². The normalized spacial score (nSPS) is 23.5. The van der Waals surface area contributed by atoms with Crippen molar-refractivity contribution in [3.63, 3.8) is 0 Å². The quantitative estimate of drug-likeness (QED) is 0.667. The standard InChI is InChI=1S/C10H20N2O.C9H18N2O/c1-8(2)10(13)11-6-9-4-5-12(3)7-9;1-7(2)9(12)11-6-8-3-4-10-5-8/h8-9H,4-7H2,1-3H3,(H,11,13);7-8,10H,3-6H2,1-2H3,(H,11,12)/t9-;8-/m00/s1. The summed E-state index contributed by atoms with van der Waals surface area (Å²) < 4.78 is 0. The Hall–Kier alpha value is -1.14. The molecule has 146 valence electrons. The lowest BCUT2D eigenvalue weighted by atomic mass is 10.1. The molecule has 0 aromatic rings. The van der Waals surface area contributed by atoms with E-state index >= 15 is 0 Å². The largest absolute Gasteiger partial charge is 0.356 e. The van der Waals surface area contributed by atoms with Gasteiger partial charge in [0.25, 0.3) is 0 Å². The van der Waals surface area contributed by atoms with Crippen LogP contribution in [0.5, 0.6) is 0 Å². The molecule has 0 aliphatic carbocycles. The molecule has 0 radical (unpaired) electrons. The predicted molar refractivity (Wildman–Crippen MR) is 102 cm³/mol. The Morgan fingerprint density at radius 3 is 1.96 bits per heavy atom. The van der Waals surface area contributed by atoms with E-state index in [1.165, 1.54) is 19.4 Å². The molecule has 2 saturated heterocycles. The molecule has 2 aliphatic rings. The molecular weight excluding hydrogens is 316 g/mol. The van der Waals surface area contributed by atoms with Crippen molar-refractivity contribution in [2.75, 3.05) is 46.3 Å². The lowest BCUT2D eigenvalue weighted by Gasteiger charge is -2.12. The van der Waals surface area contributed by atoms with Crippen LogP contribution < -0.4 is 16.0 Å². The number of hydrogen-bond acceptors (Lipinski definition) is 4. The Balaban J connectivity index is 0.000000251. The summed E-state index contributed by atoms with van der Waals surface area (Å²) >= 11 is 0. The van der Waals surface area contributed by atoms with Gasteiger partial charge in [0.2, 0.25) is 11.8 Å². The highest BCUT2D eigenvalue weighted by atomic mass is 16.2. The Morgan fingerprint density at radius 2 is 1.56 bits per heavy atom. The zero-order valence-corrected chi connectivity index (χ0v) is 16.7. The van der Waals surface area contributed by atoms with Gasteiger partial charge in [-0.25, -0.2) is 0 Å². The predicted octanol–water partition coefficient (Wildman–Crippen LogP) is 1.08. The third kappa shape index (κ3) is 9.21. The highest BCUT2D eigenvalue weighted by molar-refractivity contribution is 5.78. The minimum Gasteiger partial charge on any atom is -0.356 e. The minimum atomic E-state index is 0.110. The van der Waals surface area contributed by atoms with E-state index in [2.05, 4.69) is 27.9 Å². The van der Waals surface area contributed by atoms with Gasteiger partial charge in [-0.3, -0.25) is 9.59 Å². The van der Waals surface area contributed by atoms with E-state index in [4.69, 9.17) is 0 Å². The summed E-state index contributed by atoms with van der Waals surface area (Å²) in [5.74, 6) is 1.87. The van der Waals surface area contributed by atoms with Crippen LogP contribution in [0.1, 0.15) is 40.5 Å². The topological polar surface area (TPSA) is 73.5 Å². The molecule has 0 spiro atoms. The zero-order chi connectivity index (χ0) is 18.8. The summed E-state index contributed by atoms with van der Waals surface area (Å²) in [6, 6.07) is 0. The fraction of sp³-hybridized carbons (Fsp3) is 0.895. The maximum Gasteiger partial charge on any atom is 0.222 e. The first kappa shape index (κ1) is 21.9. The second kappa shape index (κ2) is 11.5. The molecule has 0 aromatic heterocycles. The van der Waals surface area contributed by atoms with Crippen molar-refractivity contribution >= 4 is 11.8 Å². The van der Waals surface area contributed by atoms with Gasteiger partial charge in [-0.2, -0.15) is 0 Å². The van der Waals surface area contributed by atoms with Crippen LogP contribution in [0.2, 0.25) is 0 Å². The van der Waals surface area contributed by atoms with Gasteiger partial charge < -0.3 is 20.9 Å². The van der Waals surface area contributed by atoms with Crippen LogP contribution in [-0.2, 0) is 9.59 Å². The first-order chi connectivity index (χ1) is 11.8. The fourth-order valence-corrected chi connectivity index (χ4v) is 2.98. The van der Waals surface area contributed by atoms with Crippen LogP contribution in [0.3, 0.4) is 0 Å². The van der Waals surface area contributed by atoms with E-state index in [0.717, 1.165) is 32.7 Å². The highest BCUT2D eigenvalue weighted by Crippen LogP contribution is 2.12. The van der Waals surface area contributed by atoms with Crippen molar-refractivity contribution in [3.05, 3.63) is 0 Å². The lowest BCUT2D eigenvalue weighted by molar-refractivity contribution is -0.124. The van der Waals surface area contributed by atoms with Crippen LogP contribution >= 0.6 is 0 Å². The first-order valence-corrected chi connectivity index (χ1v) is 9.74. The Morgan fingerprint density at radius 1 is 1.00 bits per heavy atom. The first-order valence-electron chi connectivity index (χ1n) is 9.74. The van der Waals surface area contributed by atoms with Crippen LogP contribution in [0.15, 0.2) is 0 Å². The van der Waals surface area contributed by atoms with Crippen molar-refractivity contribution < 1.29 is 9.59 Å². The number of carbonyl (C=O) groups is 2. The molecule has 3 N–H and O–H groups in total. The zero-order valence-electron chi connectivity index (χ0n) is 16.7. The summed E-state index contributed by atoms with van der Waals surface area (Å²) in [4.78, 5) is 24.7. The van der Waals surface area contributed by atoms with Crippen LogP contribution in [-0.4, -0.2) is 63.0 Å². The lowest BCUT2D eigenvalue weighted by Crippen LogP contribution is -2.33. The summed E-state index contributed by atoms with van der Waals surface area (Å²) in [6.45, 7) is 13.8. The molecular formula is C19H38N4O2. The smallest absolute Gasteiger partial charge is 0.222 e. The third-order valence-electron chi connectivity index (χ3n) is 4.83. The monoisotopic (exact) mass is 354 g/mol. The van der Waals surface area contributed by atoms with Crippen LogP contribution in [0, 0.1) is 23.7 Å². The van der Waals surface area contributed by atoms with Crippen LogP contribution in [0.4, 0.5) is 0 Å². The van der Waals surface area contributed by atoms with Crippen molar-refractivity contribution in [2.24, 2.45) is 23.7 Å². The number of carbonyl (C=O) groups excluding carboxylic acids is 2. The molecule has 6 nitrogen and oxygen atoms in total. The van der Waals surface area contributed by atoms with Crippen molar-refractivity contribution in [1.82, 2.24) is 20.9 Å². The van der Waals surface area contributed by atoms with E-state index in [-0.39, 0.29) is 23.7 Å². The molecule has 0 aromatic carbocycles. The fourth-order valence-electron chi connectivity index (χ4n) is 2.98. The molecule has 0 bridgehead atoms. The van der Waals surface area contributed by atoms with E-state index in [1.54, 1.807) is 0 Å². The molecule has 2 rings (SSSR count).